The van der Waals surface area contributed by atoms with E-state index in [-0.39, 0.29) is 0 Å². The van der Waals surface area contributed by atoms with Crippen LogP contribution in [0.3, 0.4) is 0 Å². The summed E-state index contributed by atoms with van der Waals surface area (Å²) >= 11 is 3.88. The molecule has 98 valence electrons. The molecule has 0 amide bonds. The molecule has 0 saturated heterocycles. The normalized spacial score (nSPS) is 11.4. The van der Waals surface area contributed by atoms with Crippen molar-refractivity contribution >= 4 is 23.1 Å². The lowest BCUT2D eigenvalue weighted by Crippen LogP contribution is -2.12. The van der Waals surface area contributed by atoms with Crippen molar-refractivity contribution in [1.82, 2.24) is 10.3 Å². The van der Waals surface area contributed by atoms with E-state index in [1.807, 2.05) is 23.1 Å². The minimum Gasteiger partial charge on any atom is -0.312 e. The SMILES string of the molecule is CCCSCc1nc(C(C)C)c(CNCC)s1. The lowest BCUT2D eigenvalue weighted by molar-refractivity contribution is 0.713. The Morgan fingerprint density at radius 2 is 2.12 bits per heavy atom. The Balaban J connectivity index is 2.66. The Kier molecular flexibility index (Phi) is 7.16. The monoisotopic (exact) mass is 272 g/mol. The Bertz CT molecular complexity index is 321. The van der Waals surface area contributed by atoms with Gasteiger partial charge in [0.15, 0.2) is 0 Å². The smallest absolute Gasteiger partial charge is 0.103 e. The van der Waals surface area contributed by atoms with Gasteiger partial charge in [-0.15, -0.1) is 11.3 Å². The molecule has 1 rings (SSSR count). The van der Waals surface area contributed by atoms with Crippen molar-refractivity contribution in [3.63, 3.8) is 0 Å². The summed E-state index contributed by atoms with van der Waals surface area (Å²) < 4.78 is 0. The van der Waals surface area contributed by atoms with Crippen LogP contribution in [0.4, 0.5) is 0 Å². The highest BCUT2D eigenvalue weighted by Crippen LogP contribution is 2.27. The molecule has 0 fully saturated rings. The summed E-state index contributed by atoms with van der Waals surface area (Å²) in [4.78, 5) is 6.22. The predicted molar refractivity (Wildman–Crippen MR) is 80.0 cm³/mol. The van der Waals surface area contributed by atoms with Gasteiger partial charge < -0.3 is 5.32 Å². The number of hydrogen-bond donors (Lipinski definition) is 1. The minimum absolute atomic E-state index is 0.532. The van der Waals surface area contributed by atoms with Crippen LogP contribution in [0.1, 0.15) is 55.6 Å². The van der Waals surface area contributed by atoms with E-state index in [9.17, 15) is 0 Å². The molecule has 0 aliphatic heterocycles. The van der Waals surface area contributed by atoms with E-state index >= 15 is 0 Å². The summed E-state index contributed by atoms with van der Waals surface area (Å²) in [5.74, 6) is 2.84. The van der Waals surface area contributed by atoms with Crippen LogP contribution in [0.15, 0.2) is 0 Å². The predicted octanol–water partition coefficient (Wildman–Crippen LogP) is 4.02. The van der Waals surface area contributed by atoms with Gasteiger partial charge in [-0.2, -0.15) is 11.8 Å². The van der Waals surface area contributed by atoms with E-state index in [0.29, 0.717) is 5.92 Å². The number of thiazole rings is 1. The van der Waals surface area contributed by atoms with E-state index < -0.39 is 0 Å². The average Bonchev–Trinajstić information content (AvgIpc) is 2.70. The van der Waals surface area contributed by atoms with Gasteiger partial charge in [0.2, 0.25) is 0 Å². The maximum atomic E-state index is 4.79. The van der Waals surface area contributed by atoms with Gasteiger partial charge in [0.05, 0.1) is 5.69 Å². The summed E-state index contributed by atoms with van der Waals surface area (Å²) in [5.41, 5.74) is 1.29. The minimum atomic E-state index is 0.532. The van der Waals surface area contributed by atoms with Crippen LogP contribution < -0.4 is 5.32 Å². The molecule has 1 aromatic heterocycles. The van der Waals surface area contributed by atoms with Gasteiger partial charge in [-0.25, -0.2) is 4.98 Å². The van der Waals surface area contributed by atoms with Gasteiger partial charge in [0.1, 0.15) is 5.01 Å². The van der Waals surface area contributed by atoms with Gasteiger partial charge in [-0.3, -0.25) is 0 Å². The number of rotatable bonds is 8. The van der Waals surface area contributed by atoms with Crippen LogP contribution in [0.5, 0.6) is 0 Å². The zero-order chi connectivity index (χ0) is 12.7. The van der Waals surface area contributed by atoms with Gasteiger partial charge >= 0.3 is 0 Å². The summed E-state index contributed by atoms with van der Waals surface area (Å²) in [6, 6.07) is 0. The molecule has 2 nitrogen and oxygen atoms in total. The summed E-state index contributed by atoms with van der Waals surface area (Å²) in [7, 11) is 0. The second-order valence-corrected chi connectivity index (χ2v) is 6.68. The molecule has 4 heteroatoms. The van der Waals surface area contributed by atoms with Crippen LogP contribution in [0.25, 0.3) is 0 Å². The highest BCUT2D eigenvalue weighted by molar-refractivity contribution is 7.98. The molecular formula is C13H24N2S2. The number of aromatic nitrogens is 1. The topological polar surface area (TPSA) is 24.9 Å². The molecule has 17 heavy (non-hydrogen) atoms. The van der Waals surface area contributed by atoms with Crippen molar-refractivity contribution in [3.8, 4) is 0 Å². The molecule has 0 saturated carbocycles. The molecule has 0 spiro atoms. The van der Waals surface area contributed by atoms with Crippen molar-refractivity contribution < 1.29 is 0 Å². The van der Waals surface area contributed by atoms with Crippen LogP contribution in [0.2, 0.25) is 0 Å². The molecule has 0 aliphatic rings. The zero-order valence-corrected chi connectivity index (χ0v) is 13.0. The quantitative estimate of drug-likeness (QED) is 0.724. The lowest BCUT2D eigenvalue weighted by atomic mass is 10.1. The van der Waals surface area contributed by atoms with Crippen molar-refractivity contribution in [1.29, 1.82) is 0 Å². The number of hydrogen-bond acceptors (Lipinski definition) is 4. The fraction of sp³-hybridized carbons (Fsp3) is 0.769. The second kappa shape index (κ2) is 8.11. The Hall–Kier alpha value is -0.0600. The largest absolute Gasteiger partial charge is 0.312 e. The molecule has 1 heterocycles. The van der Waals surface area contributed by atoms with Gasteiger partial charge in [0.25, 0.3) is 0 Å². The lowest BCUT2D eigenvalue weighted by Gasteiger charge is -2.04. The summed E-state index contributed by atoms with van der Waals surface area (Å²) in [6.07, 6.45) is 1.25. The van der Waals surface area contributed by atoms with Gasteiger partial charge in [-0.1, -0.05) is 27.7 Å². The highest BCUT2D eigenvalue weighted by atomic mass is 32.2. The van der Waals surface area contributed by atoms with Crippen LogP contribution in [0, 0.1) is 0 Å². The van der Waals surface area contributed by atoms with E-state index in [1.54, 1.807) is 0 Å². The molecule has 0 aliphatic carbocycles. The molecule has 0 unspecified atom stereocenters. The van der Waals surface area contributed by atoms with E-state index in [4.69, 9.17) is 4.98 Å². The molecule has 0 radical (unpaired) electrons. The maximum absolute atomic E-state index is 4.79. The van der Waals surface area contributed by atoms with Crippen molar-refractivity contribution in [3.05, 3.63) is 15.6 Å². The Morgan fingerprint density at radius 3 is 2.71 bits per heavy atom. The van der Waals surface area contributed by atoms with E-state index in [0.717, 1.165) is 18.8 Å². The Morgan fingerprint density at radius 1 is 1.35 bits per heavy atom. The molecule has 0 bridgehead atoms. The third-order valence-electron chi connectivity index (χ3n) is 2.43. The summed E-state index contributed by atoms with van der Waals surface area (Å²) in [5, 5.41) is 4.70. The molecule has 1 N–H and O–H groups in total. The molecule has 0 aromatic carbocycles. The molecular weight excluding hydrogens is 248 g/mol. The summed E-state index contributed by atoms with van der Waals surface area (Å²) in [6.45, 7) is 10.8. The molecule has 1 aromatic rings. The van der Waals surface area contributed by atoms with E-state index in [2.05, 4.69) is 33.0 Å². The number of nitrogens with one attached hydrogen (secondary N) is 1. The first-order chi connectivity index (χ1) is 8.19. The first-order valence-corrected chi connectivity index (χ1v) is 8.43. The number of thioether (sulfide) groups is 1. The number of nitrogens with zero attached hydrogens (tertiary/aromatic N) is 1. The highest BCUT2D eigenvalue weighted by Gasteiger charge is 2.13. The standard InChI is InChI=1S/C13H24N2S2/c1-5-7-16-9-12-15-13(10(3)4)11(17-12)8-14-6-2/h10,14H,5-9H2,1-4H3. The van der Waals surface area contributed by atoms with Crippen molar-refractivity contribution in [2.24, 2.45) is 0 Å². The Labute approximate surface area is 114 Å². The van der Waals surface area contributed by atoms with Crippen LogP contribution in [-0.4, -0.2) is 17.3 Å². The maximum Gasteiger partial charge on any atom is 0.103 e. The van der Waals surface area contributed by atoms with Crippen LogP contribution >= 0.6 is 23.1 Å². The van der Waals surface area contributed by atoms with Crippen molar-refractivity contribution in [2.45, 2.75) is 52.3 Å². The van der Waals surface area contributed by atoms with Crippen LogP contribution in [-0.2, 0) is 12.3 Å². The third-order valence-corrected chi connectivity index (χ3v) is 4.86. The first kappa shape index (κ1) is 15.0. The van der Waals surface area contributed by atoms with Gasteiger partial charge in [-0.05, 0) is 24.6 Å². The second-order valence-electron chi connectivity index (χ2n) is 4.40. The fourth-order valence-corrected chi connectivity index (χ4v) is 3.74. The van der Waals surface area contributed by atoms with Crippen molar-refractivity contribution in [2.75, 3.05) is 12.3 Å². The first-order valence-electron chi connectivity index (χ1n) is 6.45. The third kappa shape index (κ3) is 4.98. The fourth-order valence-electron chi connectivity index (χ4n) is 1.60. The average molecular weight is 272 g/mol. The molecule has 0 atom stereocenters. The van der Waals surface area contributed by atoms with E-state index in [1.165, 1.54) is 27.8 Å². The zero-order valence-electron chi connectivity index (χ0n) is 11.4. The van der Waals surface area contributed by atoms with Gasteiger partial charge in [0, 0.05) is 17.2 Å².